The summed E-state index contributed by atoms with van der Waals surface area (Å²) in [4.78, 5) is 56.9. The van der Waals surface area contributed by atoms with Crippen LogP contribution in [-0.2, 0) is 18.9 Å². The molecule has 1 aliphatic rings. The fourth-order valence-corrected chi connectivity index (χ4v) is 4.22. The number of nitrogens with one attached hydrogen (secondary N) is 1. The number of amides is 2. The molecule has 0 saturated heterocycles. The van der Waals surface area contributed by atoms with Crippen molar-refractivity contribution >= 4 is 22.8 Å². The fraction of sp³-hybridized carbons (Fsp3) is 0.571. The highest BCUT2D eigenvalue weighted by Gasteiger charge is 2.43. The van der Waals surface area contributed by atoms with Crippen LogP contribution in [0.15, 0.2) is 21.7 Å². The van der Waals surface area contributed by atoms with Gasteiger partial charge in [-0.2, -0.15) is 0 Å². The Balaban J connectivity index is 2.00. The lowest BCUT2D eigenvalue weighted by atomic mass is 9.80. The molecule has 0 atom stereocenters. The lowest BCUT2D eigenvalue weighted by molar-refractivity contribution is -0.139. The lowest BCUT2D eigenvalue weighted by Gasteiger charge is -2.39. The van der Waals surface area contributed by atoms with Crippen LogP contribution in [0.3, 0.4) is 0 Å². The number of fused-ring (bicyclic) bond motifs is 1. The molecule has 3 rings (SSSR count). The van der Waals surface area contributed by atoms with E-state index in [-0.39, 0.29) is 22.6 Å². The van der Waals surface area contributed by atoms with E-state index in [1.54, 1.807) is 4.90 Å². The van der Waals surface area contributed by atoms with Crippen molar-refractivity contribution in [3.63, 3.8) is 0 Å². The maximum absolute atomic E-state index is 13.2. The van der Waals surface area contributed by atoms with E-state index in [0.717, 1.165) is 23.8 Å². The van der Waals surface area contributed by atoms with Crippen molar-refractivity contribution in [3.8, 4) is 0 Å². The van der Waals surface area contributed by atoms with E-state index < -0.39 is 22.7 Å². The number of carbonyl (C=O) groups is 2. The summed E-state index contributed by atoms with van der Waals surface area (Å²) < 4.78 is 2.24. The number of aromatic nitrogens is 3. The average molecular weight is 415 g/mol. The largest absolute Gasteiger partial charge is 0.341 e. The molecule has 0 aromatic carbocycles. The summed E-state index contributed by atoms with van der Waals surface area (Å²) >= 11 is 0. The van der Waals surface area contributed by atoms with Crippen LogP contribution < -0.4 is 16.6 Å². The molecule has 0 aliphatic heterocycles. The molecule has 1 saturated carbocycles. The van der Waals surface area contributed by atoms with Gasteiger partial charge in [-0.15, -0.1) is 0 Å². The molecule has 1 N–H and O–H groups in total. The van der Waals surface area contributed by atoms with Crippen LogP contribution in [0.2, 0.25) is 0 Å². The third-order valence-electron chi connectivity index (χ3n) is 6.05. The summed E-state index contributed by atoms with van der Waals surface area (Å²) in [5, 5.41) is 3.21. The van der Waals surface area contributed by atoms with Crippen LogP contribution in [0, 0.1) is 0 Å². The molecular weight excluding hydrogens is 386 g/mol. The van der Waals surface area contributed by atoms with Crippen molar-refractivity contribution in [2.75, 3.05) is 13.1 Å². The molecule has 162 valence electrons. The predicted molar refractivity (Wildman–Crippen MR) is 113 cm³/mol. The summed E-state index contributed by atoms with van der Waals surface area (Å²) in [7, 11) is 2.90. The van der Waals surface area contributed by atoms with Gasteiger partial charge in [-0.3, -0.25) is 23.5 Å². The number of hydrogen-bond acceptors (Lipinski definition) is 5. The van der Waals surface area contributed by atoms with Gasteiger partial charge in [-0.1, -0.05) is 19.3 Å². The van der Waals surface area contributed by atoms with Crippen LogP contribution in [0.5, 0.6) is 0 Å². The Hall–Kier alpha value is -2.97. The van der Waals surface area contributed by atoms with E-state index in [1.807, 2.05) is 13.8 Å². The Labute approximate surface area is 174 Å². The Bertz CT molecular complexity index is 1090. The van der Waals surface area contributed by atoms with Crippen molar-refractivity contribution in [2.24, 2.45) is 14.1 Å². The SMILES string of the molecule is CCN(CC)C(=O)C1(NC(=O)c2ccc3c(=O)n(C)c(=O)n(C)c3n2)CCCCC1. The number of likely N-dealkylation sites (N-methyl/N-ethyl adjacent to an activating group) is 1. The molecule has 1 fully saturated rings. The van der Waals surface area contributed by atoms with E-state index in [4.69, 9.17) is 0 Å². The minimum absolute atomic E-state index is 0.0670. The van der Waals surface area contributed by atoms with Crippen LogP contribution in [0.1, 0.15) is 56.4 Å². The second-order valence-corrected chi connectivity index (χ2v) is 7.85. The van der Waals surface area contributed by atoms with Crippen LogP contribution in [-0.4, -0.2) is 49.5 Å². The lowest BCUT2D eigenvalue weighted by Crippen LogP contribution is -2.60. The second kappa shape index (κ2) is 8.41. The number of aryl methyl sites for hydroxylation is 1. The van der Waals surface area contributed by atoms with Gasteiger partial charge in [0.15, 0.2) is 0 Å². The maximum atomic E-state index is 13.2. The van der Waals surface area contributed by atoms with Crippen molar-refractivity contribution in [3.05, 3.63) is 38.7 Å². The first kappa shape index (κ1) is 21.7. The van der Waals surface area contributed by atoms with Crippen LogP contribution >= 0.6 is 0 Å². The monoisotopic (exact) mass is 415 g/mol. The van der Waals surface area contributed by atoms with E-state index >= 15 is 0 Å². The predicted octanol–water partition coefficient (Wildman–Crippen LogP) is 0.933. The molecule has 0 unspecified atom stereocenters. The molecule has 9 heteroatoms. The van der Waals surface area contributed by atoms with Gasteiger partial charge in [0.25, 0.3) is 11.5 Å². The smallest absolute Gasteiger partial charge is 0.332 e. The summed E-state index contributed by atoms with van der Waals surface area (Å²) in [5.74, 6) is -0.546. The highest BCUT2D eigenvalue weighted by molar-refractivity contribution is 5.99. The Kier molecular flexibility index (Phi) is 6.09. The van der Waals surface area contributed by atoms with Gasteiger partial charge in [-0.25, -0.2) is 9.78 Å². The molecule has 30 heavy (non-hydrogen) atoms. The molecule has 0 bridgehead atoms. The van der Waals surface area contributed by atoms with Gasteiger partial charge in [0.2, 0.25) is 5.91 Å². The molecule has 2 heterocycles. The third kappa shape index (κ3) is 3.64. The van der Waals surface area contributed by atoms with Crippen molar-refractivity contribution < 1.29 is 9.59 Å². The molecule has 9 nitrogen and oxygen atoms in total. The van der Waals surface area contributed by atoms with Crippen molar-refractivity contribution in [2.45, 2.75) is 51.5 Å². The molecule has 1 aliphatic carbocycles. The van der Waals surface area contributed by atoms with Gasteiger partial charge in [0.1, 0.15) is 16.9 Å². The minimum Gasteiger partial charge on any atom is -0.341 e. The number of pyridine rings is 1. The summed E-state index contributed by atoms with van der Waals surface area (Å²) in [6, 6.07) is 2.96. The number of nitrogens with zero attached hydrogens (tertiary/aromatic N) is 4. The summed E-state index contributed by atoms with van der Waals surface area (Å²) in [6.45, 7) is 5.00. The Morgan fingerprint density at radius 3 is 2.30 bits per heavy atom. The fourth-order valence-electron chi connectivity index (χ4n) is 4.22. The molecule has 2 aromatic rings. The molecule has 0 spiro atoms. The zero-order chi connectivity index (χ0) is 22.1. The van der Waals surface area contributed by atoms with Gasteiger partial charge in [0.05, 0.1) is 5.39 Å². The normalized spacial score (nSPS) is 15.7. The first-order valence-electron chi connectivity index (χ1n) is 10.4. The second-order valence-electron chi connectivity index (χ2n) is 7.85. The molecular formula is C21H29N5O4. The van der Waals surface area contributed by atoms with E-state index in [9.17, 15) is 19.2 Å². The zero-order valence-corrected chi connectivity index (χ0v) is 18.0. The minimum atomic E-state index is -0.948. The van der Waals surface area contributed by atoms with Gasteiger partial charge < -0.3 is 10.2 Å². The topological polar surface area (TPSA) is 106 Å². The highest BCUT2D eigenvalue weighted by atomic mass is 16.2. The van der Waals surface area contributed by atoms with Crippen molar-refractivity contribution in [1.29, 1.82) is 0 Å². The van der Waals surface area contributed by atoms with Crippen molar-refractivity contribution in [1.82, 2.24) is 24.3 Å². The first-order valence-corrected chi connectivity index (χ1v) is 10.4. The third-order valence-corrected chi connectivity index (χ3v) is 6.05. The summed E-state index contributed by atoms with van der Waals surface area (Å²) in [6.07, 6.45) is 3.93. The first-order chi connectivity index (χ1) is 14.3. The average Bonchev–Trinajstić information content (AvgIpc) is 2.77. The standard InChI is InChI=1S/C21H29N5O4/c1-5-26(6-2)19(29)21(12-8-7-9-13-21)23-17(27)15-11-10-14-16(22-15)24(3)20(30)25(4)18(14)28/h10-11H,5-9,12-13H2,1-4H3,(H,23,27). The number of rotatable bonds is 5. The van der Waals surface area contributed by atoms with E-state index in [2.05, 4.69) is 10.3 Å². The maximum Gasteiger partial charge on any atom is 0.332 e. The number of hydrogen-bond donors (Lipinski definition) is 1. The Morgan fingerprint density at radius 1 is 1.07 bits per heavy atom. The molecule has 0 radical (unpaired) electrons. The van der Waals surface area contributed by atoms with Crippen LogP contribution in [0.4, 0.5) is 0 Å². The van der Waals surface area contributed by atoms with Gasteiger partial charge in [0, 0.05) is 27.2 Å². The Morgan fingerprint density at radius 2 is 1.70 bits per heavy atom. The van der Waals surface area contributed by atoms with E-state index in [1.165, 1.54) is 30.8 Å². The zero-order valence-electron chi connectivity index (χ0n) is 18.0. The van der Waals surface area contributed by atoms with Gasteiger partial charge >= 0.3 is 5.69 Å². The van der Waals surface area contributed by atoms with E-state index in [0.29, 0.717) is 25.9 Å². The van der Waals surface area contributed by atoms with Crippen LogP contribution in [0.25, 0.3) is 11.0 Å². The molecule has 2 amide bonds. The highest BCUT2D eigenvalue weighted by Crippen LogP contribution is 2.30. The molecule has 2 aromatic heterocycles. The summed E-state index contributed by atoms with van der Waals surface area (Å²) in [5.41, 5.74) is -1.71. The van der Waals surface area contributed by atoms with Gasteiger partial charge in [-0.05, 0) is 38.8 Å². The number of carbonyl (C=O) groups excluding carboxylic acids is 2. The quantitative estimate of drug-likeness (QED) is 0.782.